The molecule has 2 saturated heterocycles. The SMILES string of the molecule is CN(C(=O)Cc1ccc(Cl)c(Cl)c1)[C@H](CN1CC[C@H](O)C1)c1ccc(OCCOC2CCCCO2)cc1. The summed E-state index contributed by atoms with van der Waals surface area (Å²) in [7, 11) is 1.83. The number of carbonyl (C=O) groups is 1. The average Bonchev–Trinajstić information content (AvgIpc) is 3.32. The van der Waals surface area contributed by atoms with E-state index in [4.69, 9.17) is 37.4 Å². The maximum absolute atomic E-state index is 13.3. The van der Waals surface area contributed by atoms with Gasteiger partial charge in [0.15, 0.2) is 6.29 Å². The molecule has 2 aromatic carbocycles. The molecule has 2 aliphatic heterocycles. The first-order valence-corrected chi connectivity index (χ1v) is 13.7. The number of nitrogens with zero attached hydrogens (tertiary/aromatic N) is 2. The highest BCUT2D eigenvalue weighted by molar-refractivity contribution is 6.42. The second-order valence-corrected chi connectivity index (χ2v) is 10.5. The first-order valence-electron chi connectivity index (χ1n) is 12.9. The van der Waals surface area contributed by atoms with Crippen LogP contribution in [0.4, 0.5) is 0 Å². The highest BCUT2D eigenvalue weighted by Gasteiger charge is 2.28. The minimum Gasteiger partial charge on any atom is -0.491 e. The standard InChI is InChI=1S/C28H36Cl2N2O5/c1-31(27(34)17-20-5-10-24(29)25(30)16-20)26(19-32-12-11-22(33)18-32)21-6-8-23(9-7-21)35-14-15-37-28-4-2-3-13-36-28/h5-10,16,22,26,28,33H,2-4,11-15,17-19H2,1H3/t22-,26+,28?/m0/s1. The molecule has 2 aromatic rings. The lowest BCUT2D eigenvalue weighted by Crippen LogP contribution is -2.39. The van der Waals surface area contributed by atoms with Crippen LogP contribution in [-0.2, 0) is 20.7 Å². The summed E-state index contributed by atoms with van der Waals surface area (Å²) in [6, 6.07) is 12.9. The molecule has 4 rings (SSSR count). The van der Waals surface area contributed by atoms with Crippen molar-refractivity contribution >= 4 is 29.1 Å². The predicted octanol–water partition coefficient (Wildman–Crippen LogP) is 4.72. The molecular weight excluding hydrogens is 515 g/mol. The Kier molecular flexibility index (Phi) is 10.5. The highest BCUT2D eigenvalue weighted by atomic mass is 35.5. The van der Waals surface area contributed by atoms with Crippen LogP contribution in [0.2, 0.25) is 10.0 Å². The van der Waals surface area contributed by atoms with Crippen LogP contribution >= 0.6 is 23.2 Å². The molecule has 0 aliphatic carbocycles. The summed E-state index contributed by atoms with van der Waals surface area (Å²) >= 11 is 12.2. The van der Waals surface area contributed by atoms with Gasteiger partial charge in [-0.2, -0.15) is 0 Å². The van der Waals surface area contributed by atoms with Gasteiger partial charge in [0.1, 0.15) is 12.4 Å². The maximum atomic E-state index is 13.3. The van der Waals surface area contributed by atoms with Crippen LogP contribution in [0.5, 0.6) is 5.75 Å². The molecule has 37 heavy (non-hydrogen) atoms. The van der Waals surface area contributed by atoms with Gasteiger partial charge in [-0.15, -0.1) is 0 Å². The normalized spacial score (nSPS) is 21.1. The molecule has 7 nitrogen and oxygen atoms in total. The molecule has 9 heteroatoms. The number of rotatable bonds is 11. The molecule has 2 fully saturated rings. The summed E-state index contributed by atoms with van der Waals surface area (Å²) < 4.78 is 17.2. The molecule has 0 radical (unpaired) electrons. The van der Waals surface area contributed by atoms with Crippen molar-refractivity contribution in [2.75, 3.05) is 46.5 Å². The van der Waals surface area contributed by atoms with E-state index in [1.165, 1.54) is 0 Å². The molecule has 0 saturated carbocycles. The number of hydrogen-bond acceptors (Lipinski definition) is 6. The minimum absolute atomic E-state index is 0.0226. The number of likely N-dealkylation sites (N-methyl/N-ethyl adjacent to an activating group) is 1. The lowest BCUT2D eigenvalue weighted by molar-refractivity contribution is -0.165. The summed E-state index contributed by atoms with van der Waals surface area (Å²) in [5.74, 6) is 0.725. The third-order valence-corrected chi connectivity index (χ3v) is 7.68. The van der Waals surface area contributed by atoms with Crippen LogP contribution < -0.4 is 4.74 Å². The number of aliphatic hydroxyl groups excluding tert-OH is 1. The monoisotopic (exact) mass is 550 g/mol. The average molecular weight is 552 g/mol. The summed E-state index contributed by atoms with van der Waals surface area (Å²) in [5.41, 5.74) is 1.82. The maximum Gasteiger partial charge on any atom is 0.227 e. The van der Waals surface area contributed by atoms with Crippen molar-refractivity contribution in [1.29, 1.82) is 0 Å². The predicted molar refractivity (Wildman–Crippen MR) is 144 cm³/mol. The van der Waals surface area contributed by atoms with Gasteiger partial charge in [0.25, 0.3) is 0 Å². The molecule has 1 amide bonds. The minimum atomic E-state index is -0.324. The number of benzene rings is 2. The zero-order valence-electron chi connectivity index (χ0n) is 21.3. The zero-order valence-corrected chi connectivity index (χ0v) is 22.8. The quantitative estimate of drug-likeness (QED) is 0.408. The van der Waals surface area contributed by atoms with Gasteiger partial charge in [0, 0.05) is 33.3 Å². The molecule has 1 N–H and O–H groups in total. The Bertz CT molecular complexity index is 1020. The van der Waals surface area contributed by atoms with Crippen molar-refractivity contribution in [3.63, 3.8) is 0 Å². The van der Waals surface area contributed by atoms with Crippen LogP contribution in [0.25, 0.3) is 0 Å². The smallest absolute Gasteiger partial charge is 0.227 e. The fraction of sp³-hybridized carbons (Fsp3) is 0.536. The Balaban J connectivity index is 1.38. The first kappa shape index (κ1) is 28.1. The molecule has 3 atom stereocenters. The number of hydrogen-bond donors (Lipinski definition) is 1. The van der Waals surface area contributed by atoms with E-state index in [0.29, 0.717) is 36.3 Å². The van der Waals surface area contributed by atoms with E-state index >= 15 is 0 Å². The van der Waals surface area contributed by atoms with Gasteiger partial charge in [-0.3, -0.25) is 9.69 Å². The van der Waals surface area contributed by atoms with E-state index < -0.39 is 0 Å². The van der Waals surface area contributed by atoms with Gasteiger partial charge in [0.05, 0.1) is 35.2 Å². The number of ether oxygens (including phenoxy) is 3. The van der Waals surface area contributed by atoms with Crippen LogP contribution in [0, 0.1) is 0 Å². The molecule has 0 aromatic heterocycles. The summed E-state index contributed by atoms with van der Waals surface area (Å²) in [4.78, 5) is 17.2. The highest BCUT2D eigenvalue weighted by Crippen LogP contribution is 2.27. The lowest BCUT2D eigenvalue weighted by atomic mass is 10.0. The molecule has 0 bridgehead atoms. The van der Waals surface area contributed by atoms with E-state index in [-0.39, 0.29) is 30.8 Å². The molecule has 2 heterocycles. The van der Waals surface area contributed by atoms with Crippen molar-refractivity contribution in [3.8, 4) is 5.75 Å². The van der Waals surface area contributed by atoms with Crippen molar-refractivity contribution in [1.82, 2.24) is 9.80 Å². The molecular formula is C28H36Cl2N2O5. The molecule has 202 valence electrons. The van der Waals surface area contributed by atoms with Gasteiger partial charge in [-0.25, -0.2) is 0 Å². The third-order valence-electron chi connectivity index (χ3n) is 6.94. The van der Waals surface area contributed by atoms with E-state index in [0.717, 1.165) is 55.7 Å². The van der Waals surface area contributed by atoms with Crippen molar-refractivity contribution in [2.45, 2.75) is 50.5 Å². The summed E-state index contributed by atoms with van der Waals surface area (Å²) in [6.45, 7) is 3.72. The van der Waals surface area contributed by atoms with Crippen LogP contribution in [0.3, 0.4) is 0 Å². The fourth-order valence-electron chi connectivity index (χ4n) is 4.76. The Morgan fingerprint density at radius 1 is 1.14 bits per heavy atom. The van der Waals surface area contributed by atoms with E-state index in [1.807, 2.05) is 37.4 Å². The van der Waals surface area contributed by atoms with Gasteiger partial charge in [0.2, 0.25) is 5.91 Å². The topological polar surface area (TPSA) is 71.5 Å². The first-order chi connectivity index (χ1) is 17.9. The van der Waals surface area contributed by atoms with Crippen LogP contribution in [0.15, 0.2) is 42.5 Å². The Morgan fingerprint density at radius 2 is 1.95 bits per heavy atom. The van der Waals surface area contributed by atoms with Crippen molar-refractivity contribution in [3.05, 3.63) is 63.6 Å². The Hall–Kier alpha value is -1.87. The number of carbonyl (C=O) groups excluding carboxylic acids is 1. The van der Waals surface area contributed by atoms with Gasteiger partial charge < -0.3 is 24.2 Å². The van der Waals surface area contributed by atoms with Crippen molar-refractivity contribution < 1.29 is 24.1 Å². The Labute approximate surface area is 229 Å². The largest absolute Gasteiger partial charge is 0.491 e. The fourth-order valence-corrected chi connectivity index (χ4v) is 5.09. The second kappa shape index (κ2) is 13.8. The number of halogens is 2. The Morgan fingerprint density at radius 3 is 2.62 bits per heavy atom. The molecule has 0 spiro atoms. The van der Waals surface area contributed by atoms with Gasteiger partial charge >= 0.3 is 0 Å². The van der Waals surface area contributed by atoms with Crippen LogP contribution in [0.1, 0.15) is 42.9 Å². The zero-order chi connectivity index (χ0) is 26.2. The van der Waals surface area contributed by atoms with Crippen LogP contribution in [-0.4, -0.2) is 79.7 Å². The second-order valence-electron chi connectivity index (χ2n) is 9.73. The lowest BCUT2D eigenvalue weighted by Gasteiger charge is -2.32. The van der Waals surface area contributed by atoms with Gasteiger partial charge in [-0.05, 0) is 61.1 Å². The summed E-state index contributed by atoms with van der Waals surface area (Å²) in [6.07, 6.45) is 3.68. The number of amides is 1. The third kappa shape index (κ3) is 8.31. The van der Waals surface area contributed by atoms with Crippen molar-refractivity contribution in [2.24, 2.45) is 0 Å². The number of aliphatic hydroxyl groups is 1. The van der Waals surface area contributed by atoms with E-state index in [9.17, 15) is 9.90 Å². The molecule has 2 aliphatic rings. The summed E-state index contributed by atoms with van der Waals surface area (Å²) in [5, 5.41) is 10.9. The van der Waals surface area contributed by atoms with E-state index in [2.05, 4.69) is 4.90 Å². The molecule has 1 unspecified atom stereocenters. The van der Waals surface area contributed by atoms with E-state index in [1.54, 1.807) is 17.0 Å². The van der Waals surface area contributed by atoms with Gasteiger partial charge in [-0.1, -0.05) is 41.4 Å². The number of likely N-dealkylation sites (tertiary alicyclic amines) is 1. The number of β-amino-alcohol motifs (C(OH)–C–C–N with tert-alkyl or cyclic N) is 1.